The Morgan fingerprint density at radius 3 is 2.80 bits per heavy atom. The van der Waals surface area contributed by atoms with Crippen LogP contribution in [0.25, 0.3) is 0 Å². The summed E-state index contributed by atoms with van der Waals surface area (Å²) in [6, 6.07) is 4.12. The van der Waals surface area contributed by atoms with Crippen LogP contribution >= 0.6 is 0 Å². The monoisotopic (exact) mass is 332 g/mol. The summed E-state index contributed by atoms with van der Waals surface area (Å²) in [6.45, 7) is 0.568. The van der Waals surface area contributed by atoms with E-state index in [-0.39, 0.29) is 6.04 Å². The molecule has 0 atom stereocenters. The maximum Gasteiger partial charge on any atom is 0.227 e. The summed E-state index contributed by atoms with van der Waals surface area (Å²) in [7, 11) is 11.5. The van der Waals surface area contributed by atoms with E-state index in [1.807, 2.05) is 12.1 Å². The number of aromatic nitrogens is 4. The van der Waals surface area contributed by atoms with E-state index < -0.39 is 10.8 Å². The van der Waals surface area contributed by atoms with Gasteiger partial charge in [-0.15, -0.1) is 0 Å². The third-order valence-electron chi connectivity index (χ3n) is 5.79. The molecule has 2 aliphatic heterocycles. The minimum absolute atomic E-state index is 0.278. The number of aromatic amines is 1. The molecule has 0 amide bonds. The number of nitrogens with zero attached hydrogens (tertiary/aromatic N) is 4. The lowest BCUT2D eigenvalue weighted by atomic mass is 9.45. The number of aliphatic hydroxyl groups is 1. The molecule has 4 fully saturated rings. The number of hydrogen-bond donors (Lipinski definition) is 3. The first-order valence-electron chi connectivity index (χ1n) is 8.66. The van der Waals surface area contributed by atoms with Crippen molar-refractivity contribution in [2.75, 3.05) is 16.8 Å². The Bertz CT molecular complexity index is 809. The van der Waals surface area contributed by atoms with Crippen molar-refractivity contribution >= 4 is 33.3 Å². The minimum Gasteiger partial charge on any atom is -0.409 e. The van der Waals surface area contributed by atoms with E-state index in [0.717, 1.165) is 18.7 Å². The third-order valence-corrected chi connectivity index (χ3v) is 5.79. The van der Waals surface area contributed by atoms with Gasteiger partial charge in [0.2, 0.25) is 5.95 Å². The molecule has 3 N–H and O–H groups in total. The highest BCUT2D eigenvalue weighted by Gasteiger charge is 2.61. The van der Waals surface area contributed by atoms with Gasteiger partial charge in [-0.2, -0.15) is 10.1 Å². The second-order valence-electron chi connectivity index (χ2n) is 7.65. The molecule has 2 aliphatic carbocycles. The Kier molecular flexibility index (Phi) is 3.05. The van der Waals surface area contributed by atoms with Crippen LogP contribution in [0.3, 0.4) is 0 Å². The average Bonchev–Trinajstić information content (AvgIpc) is 2.99. The Labute approximate surface area is 148 Å². The molecule has 2 saturated heterocycles. The molecule has 124 valence electrons. The smallest absolute Gasteiger partial charge is 0.227 e. The van der Waals surface area contributed by atoms with E-state index >= 15 is 0 Å². The molecule has 9 heteroatoms. The summed E-state index contributed by atoms with van der Waals surface area (Å²) in [4.78, 5) is 11.1. The fraction of sp³-hybridized carbons (Fsp3) is 0.562. The van der Waals surface area contributed by atoms with Gasteiger partial charge in [-0.25, -0.2) is 4.98 Å². The molecule has 2 aromatic rings. The van der Waals surface area contributed by atoms with Crippen molar-refractivity contribution < 1.29 is 5.11 Å². The zero-order valence-corrected chi connectivity index (χ0v) is 13.8. The Morgan fingerprint density at radius 1 is 1.32 bits per heavy atom. The molecular weight excluding hydrogens is 314 g/mol. The quantitative estimate of drug-likeness (QED) is 0.701. The fourth-order valence-corrected chi connectivity index (χ4v) is 4.03. The summed E-state index contributed by atoms with van der Waals surface area (Å²) in [5.74, 6) is 2.69. The molecule has 6 rings (SSSR count). The van der Waals surface area contributed by atoms with Gasteiger partial charge < -0.3 is 15.3 Å². The van der Waals surface area contributed by atoms with Crippen LogP contribution in [0.2, 0.25) is 0 Å². The summed E-state index contributed by atoms with van der Waals surface area (Å²) in [5.41, 5.74) is 0.704. The molecule has 2 aromatic heterocycles. The maximum atomic E-state index is 10.0. The second kappa shape index (κ2) is 5.00. The van der Waals surface area contributed by atoms with Crippen LogP contribution in [-0.2, 0) is 0 Å². The molecule has 0 unspecified atom stereocenters. The number of fused-ring (bicyclic) bond motifs is 1. The third kappa shape index (κ3) is 2.44. The van der Waals surface area contributed by atoms with Gasteiger partial charge in [0.15, 0.2) is 5.82 Å². The lowest BCUT2D eigenvalue weighted by molar-refractivity contribution is 0.0223. The highest BCUT2D eigenvalue weighted by molar-refractivity contribution is 6.39. The minimum atomic E-state index is -1.66. The van der Waals surface area contributed by atoms with Crippen LogP contribution in [0.5, 0.6) is 0 Å². The summed E-state index contributed by atoms with van der Waals surface area (Å²) >= 11 is 0. The van der Waals surface area contributed by atoms with Crippen LogP contribution in [0.15, 0.2) is 18.3 Å². The van der Waals surface area contributed by atoms with E-state index in [0.29, 0.717) is 24.2 Å². The van der Waals surface area contributed by atoms with Crippen molar-refractivity contribution in [2.24, 2.45) is 5.41 Å². The van der Waals surface area contributed by atoms with Gasteiger partial charge in [0, 0.05) is 41.9 Å². The number of rotatable bonds is 5. The van der Waals surface area contributed by atoms with Gasteiger partial charge in [-0.1, -0.05) is 0 Å². The highest BCUT2D eigenvalue weighted by atomic mass is 16.3. The van der Waals surface area contributed by atoms with Crippen LogP contribution in [0.4, 0.5) is 17.6 Å². The van der Waals surface area contributed by atoms with E-state index in [1.165, 1.54) is 18.5 Å². The molecule has 4 aliphatic rings. The normalized spacial score (nSPS) is 28.0. The molecule has 4 heterocycles. The van der Waals surface area contributed by atoms with E-state index in [9.17, 15) is 5.11 Å². The number of H-pyrrole nitrogens is 1. The maximum absolute atomic E-state index is 10.0. The van der Waals surface area contributed by atoms with Crippen LogP contribution in [0, 0.1) is 5.41 Å². The predicted octanol–water partition coefficient (Wildman–Crippen LogP) is 0.773. The second-order valence-corrected chi connectivity index (χ2v) is 7.65. The Balaban J connectivity index is 1.33. The predicted molar refractivity (Wildman–Crippen MR) is 95.1 cm³/mol. The first-order chi connectivity index (χ1) is 11.9. The first kappa shape index (κ1) is 15.3. The van der Waals surface area contributed by atoms with Crippen molar-refractivity contribution in [3.05, 3.63) is 24.0 Å². The molecule has 4 radical (unpaired) electrons. The van der Waals surface area contributed by atoms with Gasteiger partial charge in [0.1, 0.15) is 5.82 Å². The van der Waals surface area contributed by atoms with Crippen LogP contribution in [0.1, 0.15) is 37.3 Å². The largest absolute Gasteiger partial charge is 0.409 e. The average molecular weight is 332 g/mol. The summed E-state index contributed by atoms with van der Waals surface area (Å²) in [5, 5.41) is 19.0. The van der Waals surface area contributed by atoms with Gasteiger partial charge in [0.05, 0.1) is 15.7 Å². The number of hydrogen-bond acceptors (Lipinski definition) is 6. The highest BCUT2D eigenvalue weighted by Crippen LogP contribution is 2.56. The van der Waals surface area contributed by atoms with E-state index in [1.54, 1.807) is 6.20 Å². The number of anilines is 3. The zero-order chi connectivity index (χ0) is 17.2. The van der Waals surface area contributed by atoms with Gasteiger partial charge in [0.25, 0.3) is 0 Å². The van der Waals surface area contributed by atoms with Gasteiger partial charge in [-0.3, -0.25) is 5.10 Å². The molecule has 0 spiro atoms. The van der Waals surface area contributed by atoms with Crippen LogP contribution < -0.4 is 10.2 Å². The lowest BCUT2D eigenvalue weighted by Crippen LogP contribution is -2.54. The topological polar surface area (TPSA) is 90.0 Å². The van der Waals surface area contributed by atoms with E-state index in [4.69, 9.17) is 15.7 Å². The van der Waals surface area contributed by atoms with Crippen molar-refractivity contribution in [1.29, 1.82) is 0 Å². The summed E-state index contributed by atoms with van der Waals surface area (Å²) in [6.07, 6.45) is 5.71. The molecular formula is C16H18B2N6O. The first-order valence-corrected chi connectivity index (χ1v) is 8.66. The van der Waals surface area contributed by atoms with Crippen molar-refractivity contribution in [2.45, 2.75) is 43.0 Å². The fourth-order valence-electron chi connectivity index (χ4n) is 4.03. The standard InChI is InChI=1S/C16H18B2N6O/c17-16(18,25)15-6-10(7-15)24(8-15)14-19-4-3-12(21-14)20-13-5-11(22-23-13)9-1-2-9/h3-5,9-10,25H,1-2,6-8H2,(H2,19,20,21,22,23). The Hall–Kier alpha value is -2.02. The van der Waals surface area contributed by atoms with Gasteiger partial charge in [-0.05, 0) is 37.1 Å². The Morgan fingerprint density at radius 2 is 2.12 bits per heavy atom. The molecule has 2 bridgehead atoms. The molecule has 2 saturated carbocycles. The molecule has 0 aromatic carbocycles. The van der Waals surface area contributed by atoms with Crippen LogP contribution in [-0.4, -0.2) is 59.0 Å². The van der Waals surface area contributed by atoms with Crippen molar-refractivity contribution in [1.82, 2.24) is 20.2 Å². The summed E-state index contributed by atoms with van der Waals surface area (Å²) < 4.78 is 0. The molecule has 25 heavy (non-hydrogen) atoms. The van der Waals surface area contributed by atoms with E-state index in [2.05, 4.69) is 30.4 Å². The zero-order valence-electron chi connectivity index (χ0n) is 13.8. The molecule has 7 nitrogen and oxygen atoms in total. The number of nitrogens with one attached hydrogen (secondary N) is 2. The van der Waals surface area contributed by atoms with Crippen molar-refractivity contribution in [3.63, 3.8) is 0 Å². The SMILES string of the molecule is [B]C([B])(O)C12CC(C1)N(c1nccc(Nc3cc(C4CC4)[nH]n3)n1)C2. The lowest BCUT2D eigenvalue weighted by Gasteiger charge is -2.46. The van der Waals surface area contributed by atoms with Crippen molar-refractivity contribution in [3.8, 4) is 0 Å². The van der Waals surface area contributed by atoms with Gasteiger partial charge >= 0.3 is 0 Å².